The molecule has 21 heavy (non-hydrogen) atoms. The second-order valence-corrected chi connectivity index (χ2v) is 5.63. The molecule has 0 amide bonds. The molecule has 0 fully saturated rings. The number of aryl methyl sites for hydroxylation is 3. The number of nitrogens with two attached hydrogens (primary N) is 1. The molecule has 0 spiro atoms. The second-order valence-electron chi connectivity index (χ2n) is 5.20. The van der Waals surface area contributed by atoms with Gasteiger partial charge in [0.2, 0.25) is 0 Å². The quantitative estimate of drug-likeness (QED) is 0.805. The van der Waals surface area contributed by atoms with Crippen LogP contribution in [0.25, 0.3) is 11.0 Å². The number of anilines is 1. The number of fused-ring (bicyclic) bond motifs is 1. The van der Waals surface area contributed by atoms with E-state index in [0.717, 1.165) is 34.6 Å². The van der Waals surface area contributed by atoms with Crippen LogP contribution in [0.15, 0.2) is 30.6 Å². The van der Waals surface area contributed by atoms with E-state index in [1.165, 1.54) is 17.6 Å². The van der Waals surface area contributed by atoms with Crippen molar-refractivity contribution in [3.05, 3.63) is 52.4 Å². The first-order valence-electron chi connectivity index (χ1n) is 6.88. The van der Waals surface area contributed by atoms with Crippen LogP contribution in [0.2, 0.25) is 5.02 Å². The number of benzene rings is 1. The lowest BCUT2D eigenvalue weighted by atomic mass is 10.1. The van der Waals surface area contributed by atoms with Crippen molar-refractivity contribution in [3.63, 3.8) is 0 Å². The van der Waals surface area contributed by atoms with Crippen molar-refractivity contribution in [1.29, 1.82) is 0 Å². The summed E-state index contributed by atoms with van der Waals surface area (Å²) < 4.78 is 2.21. The minimum atomic E-state index is 0.547. The van der Waals surface area contributed by atoms with Gasteiger partial charge in [0, 0.05) is 17.3 Å². The van der Waals surface area contributed by atoms with E-state index < -0.39 is 0 Å². The van der Waals surface area contributed by atoms with Crippen molar-refractivity contribution in [1.82, 2.24) is 14.5 Å². The monoisotopic (exact) mass is 300 g/mol. The van der Waals surface area contributed by atoms with Crippen molar-refractivity contribution < 1.29 is 0 Å². The summed E-state index contributed by atoms with van der Waals surface area (Å²) in [6, 6.07) is 7.95. The third-order valence-electron chi connectivity index (χ3n) is 3.97. The lowest BCUT2D eigenvalue weighted by molar-refractivity contribution is 0.694. The van der Waals surface area contributed by atoms with Crippen LogP contribution in [-0.2, 0) is 13.0 Å². The van der Waals surface area contributed by atoms with Crippen LogP contribution in [0.4, 0.5) is 5.82 Å². The molecule has 0 aliphatic carbocycles. The summed E-state index contributed by atoms with van der Waals surface area (Å²) in [4.78, 5) is 8.49. The first kappa shape index (κ1) is 13.9. The second kappa shape index (κ2) is 5.37. The molecule has 0 radical (unpaired) electrons. The van der Waals surface area contributed by atoms with Gasteiger partial charge in [-0.3, -0.25) is 0 Å². The molecule has 4 nitrogen and oxygen atoms in total. The molecule has 0 bridgehead atoms. The summed E-state index contributed by atoms with van der Waals surface area (Å²) >= 11 is 5.92. The van der Waals surface area contributed by atoms with E-state index >= 15 is 0 Å². The van der Waals surface area contributed by atoms with Gasteiger partial charge >= 0.3 is 0 Å². The van der Waals surface area contributed by atoms with E-state index in [9.17, 15) is 0 Å². The zero-order chi connectivity index (χ0) is 15.0. The maximum absolute atomic E-state index is 5.98. The molecular formula is C16H17ClN4. The molecule has 0 saturated carbocycles. The van der Waals surface area contributed by atoms with E-state index in [0.29, 0.717) is 5.82 Å². The predicted molar refractivity (Wildman–Crippen MR) is 86.6 cm³/mol. The minimum absolute atomic E-state index is 0.547. The molecule has 1 aromatic carbocycles. The first-order valence-corrected chi connectivity index (χ1v) is 7.26. The van der Waals surface area contributed by atoms with Gasteiger partial charge in [-0.2, -0.15) is 0 Å². The average Bonchev–Trinajstić information content (AvgIpc) is 2.72. The summed E-state index contributed by atoms with van der Waals surface area (Å²) in [5, 5.41) is 1.73. The summed E-state index contributed by atoms with van der Waals surface area (Å²) in [5.41, 5.74) is 10.5. The summed E-state index contributed by atoms with van der Waals surface area (Å²) in [6.07, 6.45) is 2.44. The molecule has 0 aliphatic heterocycles. The molecule has 2 aromatic heterocycles. The van der Waals surface area contributed by atoms with Crippen LogP contribution >= 0.6 is 11.6 Å². The molecule has 0 aliphatic rings. The number of hydrogen-bond acceptors (Lipinski definition) is 3. The fourth-order valence-electron chi connectivity index (χ4n) is 2.66. The SMILES string of the molecule is Cc1c(C)n(CCc2ccc(Cl)cc2)c2ncnc(N)c12. The van der Waals surface area contributed by atoms with Gasteiger partial charge in [-0.25, -0.2) is 9.97 Å². The van der Waals surface area contributed by atoms with Crippen LogP contribution in [0.5, 0.6) is 0 Å². The minimum Gasteiger partial charge on any atom is -0.383 e. The lowest BCUT2D eigenvalue weighted by Gasteiger charge is -2.08. The van der Waals surface area contributed by atoms with Crippen molar-refractivity contribution in [2.75, 3.05) is 5.73 Å². The van der Waals surface area contributed by atoms with E-state index in [1.807, 2.05) is 12.1 Å². The van der Waals surface area contributed by atoms with Gasteiger partial charge < -0.3 is 10.3 Å². The van der Waals surface area contributed by atoms with Gasteiger partial charge in [0.25, 0.3) is 0 Å². The highest BCUT2D eigenvalue weighted by molar-refractivity contribution is 6.30. The Morgan fingerprint density at radius 3 is 2.57 bits per heavy atom. The van der Waals surface area contributed by atoms with Crippen molar-refractivity contribution in [2.45, 2.75) is 26.8 Å². The van der Waals surface area contributed by atoms with Crippen LogP contribution in [0.3, 0.4) is 0 Å². The van der Waals surface area contributed by atoms with E-state index in [2.05, 4.69) is 40.5 Å². The van der Waals surface area contributed by atoms with Gasteiger partial charge in [-0.1, -0.05) is 23.7 Å². The average molecular weight is 301 g/mol. The maximum atomic E-state index is 5.98. The topological polar surface area (TPSA) is 56.7 Å². The highest BCUT2D eigenvalue weighted by atomic mass is 35.5. The van der Waals surface area contributed by atoms with Crippen molar-refractivity contribution >= 4 is 28.5 Å². The Hall–Kier alpha value is -2.07. The fraction of sp³-hybridized carbons (Fsp3) is 0.250. The maximum Gasteiger partial charge on any atom is 0.145 e. The normalized spacial score (nSPS) is 11.2. The molecular weight excluding hydrogens is 284 g/mol. The van der Waals surface area contributed by atoms with Crippen molar-refractivity contribution in [2.24, 2.45) is 0 Å². The number of rotatable bonds is 3. The number of aromatic nitrogens is 3. The standard InChI is InChI=1S/C16H17ClN4/c1-10-11(2)21(16-14(10)15(18)19-9-20-16)8-7-12-3-5-13(17)6-4-12/h3-6,9H,7-8H2,1-2H3,(H2,18,19,20). The molecule has 3 rings (SSSR count). The van der Waals surface area contributed by atoms with Crippen LogP contribution < -0.4 is 5.73 Å². The number of nitrogen functional groups attached to an aromatic ring is 1. The Labute approximate surface area is 128 Å². The highest BCUT2D eigenvalue weighted by Gasteiger charge is 2.14. The molecule has 2 heterocycles. The van der Waals surface area contributed by atoms with Crippen molar-refractivity contribution in [3.8, 4) is 0 Å². The summed E-state index contributed by atoms with van der Waals surface area (Å²) in [7, 11) is 0. The summed E-state index contributed by atoms with van der Waals surface area (Å²) in [6.45, 7) is 5.02. The number of hydrogen-bond donors (Lipinski definition) is 1. The van der Waals surface area contributed by atoms with E-state index in [-0.39, 0.29) is 0 Å². The van der Waals surface area contributed by atoms with Gasteiger partial charge in [-0.05, 0) is 43.5 Å². The Bertz CT molecular complexity index is 790. The molecule has 0 saturated heterocycles. The molecule has 0 unspecified atom stereocenters. The molecule has 108 valence electrons. The third-order valence-corrected chi connectivity index (χ3v) is 4.22. The van der Waals surface area contributed by atoms with Crippen LogP contribution in [0, 0.1) is 13.8 Å². The molecule has 2 N–H and O–H groups in total. The highest BCUT2D eigenvalue weighted by Crippen LogP contribution is 2.27. The zero-order valence-electron chi connectivity index (χ0n) is 12.1. The van der Waals surface area contributed by atoms with Gasteiger partial charge in [0.05, 0.1) is 5.39 Å². The molecule has 5 heteroatoms. The smallest absolute Gasteiger partial charge is 0.145 e. The van der Waals surface area contributed by atoms with E-state index in [1.54, 1.807) is 0 Å². The Kier molecular flexibility index (Phi) is 3.55. The molecule has 0 atom stereocenters. The Balaban J connectivity index is 1.95. The Morgan fingerprint density at radius 1 is 1.14 bits per heavy atom. The number of halogens is 1. The van der Waals surface area contributed by atoms with Crippen LogP contribution in [0.1, 0.15) is 16.8 Å². The third kappa shape index (κ3) is 2.47. The van der Waals surface area contributed by atoms with Gasteiger partial charge in [0.1, 0.15) is 17.8 Å². The van der Waals surface area contributed by atoms with Crippen LogP contribution in [-0.4, -0.2) is 14.5 Å². The lowest BCUT2D eigenvalue weighted by Crippen LogP contribution is -2.04. The Morgan fingerprint density at radius 2 is 1.86 bits per heavy atom. The predicted octanol–water partition coefficient (Wildman–Crippen LogP) is 3.53. The first-order chi connectivity index (χ1) is 10.1. The van der Waals surface area contributed by atoms with Gasteiger partial charge in [0.15, 0.2) is 0 Å². The number of nitrogens with zero attached hydrogens (tertiary/aromatic N) is 3. The summed E-state index contributed by atoms with van der Waals surface area (Å²) in [5.74, 6) is 0.547. The fourth-order valence-corrected chi connectivity index (χ4v) is 2.79. The largest absolute Gasteiger partial charge is 0.383 e. The zero-order valence-corrected chi connectivity index (χ0v) is 12.9. The van der Waals surface area contributed by atoms with Gasteiger partial charge in [-0.15, -0.1) is 0 Å². The molecule has 3 aromatic rings. The van der Waals surface area contributed by atoms with E-state index in [4.69, 9.17) is 17.3 Å².